The number of nitrogens with zero attached hydrogens (tertiary/aromatic N) is 1. The van der Waals surface area contributed by atoms with Crippen LogP contribution in [0.3, 0.4) is 0 Å². The van der Waals surface area contributed by atoms with E-state index >= 15 is 0 Å². The molecule has 0 atom stereocenters. The molecule has 0 aliphatic heterocycles. The molecule has 0 unspecified atom stereocenters. The highest BCUT2D eigenvalue weighted by atomic mass is 32.1. The second-order valence-corrected chi connectivity index (χ2v) is 8.18. The molecule has 0 fully saturated rings. The monoisotopic (exact) mass is 396 g/mol. The fourth-order valence-electron chi connectivity index (χ4n) is 2.96. The number of hydrogen-bond donors (Lipinski definition) is 1. The molecule has 0 aliphatic rings. The van der Waals surface area contributed by atoms with Crippen molar-refractivity contribution in [3.05, 3.63) is 62.0 Å². The van der Waals surface area contributed by atoms with Crippen LogP contribution in [0.25, 0.3) is 21.9 Å². The number of aromatic amines is 1. The Hall–Kier alpha value is -2.73. The van der Waals surface area contributed by atoms with E-state index in [1.54, 1.807) is 13.0 Å². The maximum atomic E-state index is 12.6. The van der Waals surface area contributed by atoms with Gasteiger partial charge in [0.2, 0.25) is 0 Å². The first kappa shape index (κ1) is 20.0. The van der Waals surface area contributed by atoms with Crippen molar-refractivity contribution in [2.45, 2.75) is 40.5 Å². The molecule has 0 amide bonds. The highest BCUT2D eigenvalue weighted by Gasteiger charge is 2.19. The summed E-state index contributed by atoms with van der Waals surface area (Å²) in [4.78, 5) is 34.2. The van der Waals surface area contributed by atoms with Crippen LogP contribution in [0.15, 0.2) is 29.1 Å². The number of H-pyrrole nitrogens is 1. The molecule has 0 saturated heterocycles. The molecule has 0 spiro atoms. The van der Waals surface area contributed by atoms with Crippen LogP contribution in [0.1, 0.15) is 54.1 Å². The maximum Gasteiger partial charge on any atom is 0.341 e. The lowest BCUT2D eigenvalue weighted by Gasteiger charge is -2.08. The second kappa shape index (κ2) is 8.10. The Labute approximate surface area is 168 Å². The van der Waals surface area contributed by atoms with Gasteiger partial charge in [-0.3, -0.25) is 4.79 Å². The van der Waals surface area contributed by atoms with Crippen molar-refractivity contribution in [3.63, 3.8) is 0 Å². The molecule has 6 heteroatoms. The molecular weight excluding hydrogens is 372 g/mol. The zero-order chi connectivity index (χ0) is 20.4. The molecule has 5 nitrogen and oxygen atoms in total. The lowest BCUT2D eigenvalue weighted by atomic mass is 10.0. The third-order valence-corrected chi connectivity index (χ3v) is 5.80. The Morgan fingerprint density at radius 2 is 1.93 bits per heavy atom. The number of carbonyl (C=O) groups is 1. The van der Waals surface area contributed by atoms with Crippen molar-refractivity contribution >= 4 is 39.2 Å². The number of ether oxygens (including phenoxy) is 1. The predicted octanol–water partition coefficient (Wildman–Crippen LogP) is 4.83. The Morgan fingerprint density at radius 1 is 1.25 bits per heavy atom. The number of carbonyl (C=O) groups excluding carboxylic acids is 1. The quantitative estimate of drug-likeness (QED) is 0.495. The SMILES string of the molecule is CCOC(=O)/C(=C\c1ccc(C(C)C)cc1)c1nc2sc(C)c(C)c2c(=O)[nH]1. The van der Waals surface area contributed by atoms with E-state index in [1.165, 1.54) is 16.9 Å². The molecule has 0 aliphatic carbocycles. The Kier molecular flexibility index (Phi) is 5.79. The van der Waals surface area contributed by atoms with E-state index in [1.807, 2.05) is 38.1 Å². The molecule has 3 rings (SSSR count). The number of rotatable bonds is 5. The Bertz CT molecular complexity index is 1110. The zero-order valence-electron chi connectivity index (χ0n) is 16.8. The summed E-state index contributed by atoms with van der Waals surface area (Å²) in [6, 6.07) is 7.96. The highest BCUT2D eigenvalue weighted by Crippen LogP contribution is 2.27. The van der Waals surface area contributed by atoms with Crippen LogP contribution < -0.4 is 5.56 Å². The fraction of sp³-hybridized carbons (Fsp3) is 0.318. The molecule has 2 aromatic heterocycles. The van der Waals surface area contributed by atoms with Gasteiger partial charge < -0.3 is 9.72 Å². The summed E-state index contributed by atoms with van der Waals surface area (Å²) in [5, 5.41) is 0.579. The smallest absolute Gasteiger partial charge is 0.341 e. The van der Waals surface area contributed by atoms with Gasteiger partial charge in [-0.15, -0.1) is 11.3 Å². The van der Waals surface area contributed by atoms with Crippen LogP contribution in [0, 0.1) is 13.8 Å². The summed E-state index contributed by atoms with van der Waals surface area (Å²) in [7, 11) is 0. The summed E-state index contributed by atoms with van der Waals surface area (Å²) >= 11 is 1.45. The normalized spacial score (nSPS) is 12.0. The number of fused-ring (bicyclic) bond motifs is 1. The number of thiophene rings is 1. The van der Waals surface area contributed by atoms with Crippen molar-refractivity contribution in [3.8, 4) is 0 Å². The number of nitrogens with one attached hydrogen (secondary N) is 1. The minimum absolute atomic E-state index is 0.227. The number of aromatic nitrogens is 2. The van der Waals surface area contributed by atoms with E-state index in [9.17, 15) is 9.59 Å². The zero-order valence-corrected chi connectivity index (χ0v) is 17.6. The Balaban J connectivity index is 2.14. The molecule has 3 aromatic rings. The second-order valence-electron chi connectivity index (χ2n) is 6.98. The number of aryl methyl sites for hydroxylation is 2. The molecule has 146 valence electrons. The third kappa shape index (κ3) is 3.92. The first-order valence-corrected chi connectivity index (χ1v) is 10.1. The van der Waals surface area contributed by atoms with Crippen LogP contribution in [0.4, 0.5) is 0 Å². The molecular formula is C22H24N2O3S. The third-order valence-electron chi connectivity index (χ3n) is 4.70. The van der Waals surface area contributed by atoms with Crippen LogP contribution in [-0.4, -0.2) is 22.5 Å². The molecule has 0 saturated carbocycles. The number of benzene rings is 1. The van der Waals surface area contributed by atoms with Gasteiger partial charge >= 0.3 is 5.97 Å². The van der Waals surface area contributed by atoms with E-state index in [-0.39, 0.29) is 23.6 Å². The van der Waals surface area contributed by atoms with Crippen LogP contribution in [-0.2, 0) is 9.53 Å². The van der Waals surface area contributed by atoms with E-state index in [4.69, 9.17) is 4.74 Å². The average molecular weight is 397 g/mol. The minimum atomic E-state index is -0.511. The first-order valence-electron chi connectivity index (χ1n) is 9.31. The van der Waals surface area contributed by atoms with E-state index in [0.717, 1.165) is 16.0 Å². The first-order chi connectivity index (χ1) is 13.3. The molecule has 1 aromatic carbocycles. The van der Waals surface area contributed by atoms with E-state index < -0.39 is 5.97 Å². The lowest BCUT2D eigenvalue weighted by Crippen LogP contribution is -2.15. The minimum Gasteiger partial charge on any atom is -0.462 e. The van der Waals surface area contributed by atoms with Crippen molar-refractivity contribution in [2.75, 3.05) is 6.61 Å². The topological polar surface area (TPSA) is 72.0 Å². The van der Waals surface area contributed by atoms with E-state index in [2.05, 4.69) is 23.8 Å². The van der Waals surface area contributed by atoms with Crippen LogP contribution in [0.2, 0.25) is 0 Å². The Morgan fingerprint density at radius 3 is 2.54 bits per heavy atom. The lowest BCUT2D eigenvalue weighted by molar-refractivity contribution is -0.136. The van der Waals surface area contributed by atoms with Gasteiger partial charge in [0.25, 0.3) is 5.56 Å². The van der Waals surface area contributed by atoms with Crippen molar-refractivity contribution < 1.29 is 9.53 Å². The summed E-state index contributed by atoms with van der Waals surface area (Å²) in [6.45, 7) is 10.1. The molecule has 2 heterocycles. The molecule has 0 radical (unpaired) electrons. The van der Waals surface area contributed by atoms with Gasteiger partial charge in [-0.2, -0.15) is 0 Å². The molecule has 28 heavy (non-hydrogen) atoms. The van der Waals surface area contributed by atoms with Gasteiger partial charge in [-0.05, 0) is 49.5 Å². The van der Waals surface area contributed by atoms with Crippen molar-refractivity contribution in [1.82, 2.24) is 9.97 Å². The van der Waals surface area contributed by atoms with Gasteiger partial charge in [0.15, 0.2) is 0 Å². The van der Waals surface area contributed by atoms with Gasteiger partial charge in [0.05, 0.1) is 12.0 Å². The standard InChI is InChI=1S/C22H24N2O3S/c1-6-27-22(26)17(11-15-7-9-16(10-8-15)12(2)3)19-23-20(25)18-13(4)14(5)28-21(18)24-19/h7-12H,6H2,1-5H3,(H,23,24,25)/b17-11-. The molecule has 0 bridgehead atoms. The van der Waals surface area contributed by atoms with Crippen LogP contribution >= 0.6 is 11.3 Å². The van der Waals surface area contributed by atoms with Gasteiger partial charge in [-0.1, -0.05) is 38.1 Å². The van der Waals surface area contributed by atoms with E-state index in [0.29, 0.717) is 16.1 Å². The fourth-order valence-corrected chi connectivity index (χ4v) is 3.99. The van der Waals surface area contributed by atoms with Gasteiger partial charge in [0, 0.05) is 4.88 Å². The van der Waals surface area contributed by atoms with Gasteiger partial charge in [0.1, 0.15) is 16.2 Å². The largest absolute Gasteiger partial charge is 0.462 e. The maximum absolute atomic E-state index is 12.6. The summed E-state index contributed by atoms with van der Waals surface area (Å²) in [6.07, 6.45) is 1.71. The summed E-state index contributed by atoms with van der Waals surface area (Å²) in [5.74, 6) is 0.140. The predicted molar refractivity (Wildman–Crippen MR) is 115 cm³/mol. The number of esters is 1. The van der Waals surface area contributed by atoms with Crippen LogP contribution in [0.5, 0.6) is 0 Å². The summed E-state index contributed by atoms with van der Waals surface area (Å²) < 4.78 is 5.21. The average Bonchev–Trinajstić information content (AvgIpc) is 2.94. The van der Waals surface area contributed by atoms with Crippen molar-refractivity contribution in [1.29, 1.82) is 0 Å². The summed E-state index contributed by atoms with van der Waals surface area (Å²) in [5.41, 5.74) is 2.97. The van der Waals surface area contributed by atoms with Gasteiger partial charge in [-0.25, -0.2) is 9.78 Å². The number of hydrogen-bond acceptors (Lipinski definition) is 5. The molecule has 1 N–H and O–H groups in total. The highest BCUT2D eigenvalue weighted by molar-refractivity contribution is 7.18. The van der Waals surface area contributed by atoms with Crippen molar-refractivity contribution in [2.24, 2.45) is 0 Å².